The predicted molar refractivity (Wildman–Crippen MR) is 52.3 cm³/mol. The van der Waals surface area contributed by atoms with Crippen molar-refractivity contribution in [1.82, 2.24) is 0 Å². The number of carboxylic acid groups (broad SMARTS) is 1. The van der Waals surface area contributed by atoms with Gasteiger partial charge >= 0.3 is 5.97 Å². The first-order valence-corrected chi connectivity index (χ1v) is 4.60. The van der Waals surface area contributed by atoms with Crippen molar-refractivity contribution >= 4 is 5.97 Å². The summed E-state index contributed by atoms with van der Waals surface area (Å²) in [5.74, 6) is -0.0425. The van der Waals surface area contributed by atoms with Crippen LogP contribution in [0.25, 0.3) is 0 Å². The number of aliphatic carboxylic acids is 1. The molecular weight excluding hydrogens is 180 g/mol. The van der Waals surface area contributed by atoms with Gasteiger partial charge in [-0.1, -0.05) is 18.2 Å². The number of hydrogen-bond donors (Lipinski definition) is 1. The first-order valence-electron chi connectivity index (χ1n) is 4.60. The van der Waals surface area contributed by atoms with E-state index < -0.39 is 5.97 Å². The van der Waals surface area contributed by atoms with E-state index >= 15 is 0 Å². The van der Waals surface area contributed by atoms with E-state index in [1.807, 2.05) is 18.2 Å². The third-order valence-electron chi connectivity index (χ3n) is 1.72. The van der Waals surface area contributed by atoms with Crippen LogP contribution in [0, 0.1) is 6.07 Å². The topological polar surface area (TPSA) is 46.5 Å². The first-order chi connectivity index (χ1) is 6.79. The molecule has 0 heterocycles. The van der Waals surface area contributed by atoms with Gasteiger partial charge in [-0.15, -0.1) is 0 Å². The van der Waals surface area contributed by atoms with Gasteiger partial charge in [0, 0.05) is 12.5 Å². The van der Waals surface area contributed by atoms with Crippen molar-refractivity contribution in [2.24, 2.45) is 0 Å². The second kappa shape index (κ2) is 6.02. The van der Waals surface area contributed by atoms with E-state index in [2.05, 4.69) is 6.07 Å². The van der Waals surface area contributed by atoms with Gasteiger partial charge in [0.25, 0.3) is 0 Å². The first kappa shape index (κ1) is 10.6. The van der Waals surface area contributed by atoms with Crippen molar-refractivity contribution < 1.29 is 14.6 Å². The van der Waals surface area contributed by atoms with Crippen LogP contribution in [-0.4, -0.2) is 17.7 Å². The number of carbonyl (C=O) groups is 1. The molecule has 75 valence electrons. The van der Waals surface area contributed by atoms with Gasteiger partial charge in [0.2, 0.25) is 0 Å². The molecule has 14 heavy (non-hydrogen) atoms. The third kappa shape index (κ3) is 4.50. The fourth-order valence-corrected chi connectivity index (χ4v) is 1.03. The number of unbranched alkanes of at least 4 members (excludes halogenated alkanes) is 1. The van der Waals surface area contributed by atoms with Gasteiger partial charge in [-0.3, -0.25) is 4.79 Å². The van der Waals surface area contributed by atoms with Crippen LogP contribution in [0.1, 0.15) is 19.3 Å². The Morgan fingerprint density at radius 2 is 2.29 bits per heavy atom. The highest BCUT2D eigenvalue weighted by atomic mass is 16.5. The molecule has 0 fully saturated rings. The van der Waals surface area contributed by atoms with Crippen LogP contribution in [0.2, 0.25) is 0 Å². The van der Waals surface area contributed by atoms with E-state index in [-0.39, 0.29) is 6.42 Å². The molecule has 0 aliphatic rings. The highest BCUT2D eigenvalue weighted by molar-refractivity contribution is 5.66. The Labute approximate surface area is 83.3 Å². The van der Waals surface area contributed by atoms with E-state index in [0.717, 1.165) is 6.42 Å². The summed E-state index contributed by atoms with van der Waals surface area (Å²) in [6.07, 6.45) is 1.62. The average molecular weight is 193 g/mol. The average Bonchev–Trinajstić information content (AvgIpc) is 2.18. The highest BCUT2D eigenvalue weighted by Crippen LogP contribution is 2.08. The van der Waals surface area contributed by atoms with Gasteiger partial charge in [0.15, 0.2) is 0 Å². The number of hydrogen-bond acceptors (Lipinski definition) is 2. The zero-order valence-corrected chi connectivity index (χ0v) is 7.90. The van der Waals surface area contributed by atoms with E-state index in [0.29, 0.717) is 18.8 Å². The van der Waals surface area contributed by atoms with Gasteiger partial charge in [0.05, 0.1) is 6.61 Å². The minimum Gasteiger partial charge on any atom is -0.493 e. The lowest BCUT2D eigenvalue weighted by Crippen LogP contribution is -2.00. The normalized spacial score (nSPS) is 9.71. The van der Waals surface area contributed by atoms with E-state index in [4.69, 9.17) is 9.84 Å². The molecule has 1 aromatic carbocycles. The Hall–Kier alpha value is -1.51. The number of para-hydroxylation sites is 1. The largest absolute Gasteiger partial charge is 0.493 e. The molecule has 0 saturated heterocycles. The summed E-state index contributed by atoms with van der Waals surface area (Å²) in [5, 5.41) is 8.38. The molecule has 0 atom stereocenters. The Bertz CT molecular complexity index is 269. The van der Waals surface area contributed by atoms with Crippen molar-refractivity contribution in [3.8, 4) is 5.75 Å². The molecule has 0 amide bonds. The summed E-state index contributed by atoms with van der Waals surface area (Å²) >= 11 is 0. The van der Waals surface area contributed by atoms with Crippen LogP contribution in [0.4, 0.5) is 0 Å². The van der Waals surface area contributed by atoms with Crippen LogP contribution in [0.3, 0.4) is 0 Å². The van der Waals surface area contributed by atoms with Gasteiger partial charge < -0.3 is 9.84 Å². The molecule has 0 aromatic heterocycles. The van der Waals surface area contributed by atoms with Gasteiger partial charge in [-0.2, -0.15) is 0 Å². The number of rotatable bonds is 6. The van der Waals surface area contributed by atoms with E-state index in [1.54, 1.807) is 6.07 Å². The monoisotopic (exact) mass is 193 g/mol. The zero-order chi connectivity index (χ0) is 10.2. The van der Waals surface area contributed by atoms with E-state index in [9.17, 15) is 4.79 Å². The van der Waals surface area contributed by atoms with Crippen molar-refractivity contribution in [1.29, 1.82) is 0 Å². The van der Waals surface area contributed by atoms with Crippen LogP contribution in [0.15, 0.2) is 24.3 Å². The summed E-state index contributed by atoms with van der Waals surface area (Å²) in [6.45, 7) is 0.549. The van der Waals surface area contributed by atoms with Crippen molar-refractivity contribution in [3.63, 3.8) is 0 Å². The molecule has 1 aromatic rings. The number of carboxylic acids is 1. The van der Waals surface area contributed by atoms with Gasteiger partial charge in [0.1, 0.15) is 5.75 Å². The lowest BCUT2D eigenvalue weighted by atomic mass is 10.2. The minimum atomic E-state index is -0.753. The zero-order valence-electron chi connectivity index (χ0n) is 7.90. The molecular formula is C11H13O3. The highest BCUT2D eigenvalue weighted by Gasteiger charge is 1.96. The fourth-order valence-electron chi connectivity index (χ4n) is 1.03. The van der Waals surface area contributed by atoms with Crippen LogP contribution < -0.4 is 4.74 Å². The maximum absolute atomic E-state index is 10.2. The maximum Gasteiger partial charge on any atom is 0.303 e. The molecule has 3 nitrogen and oxygen atoms in total. The Kier molecular flexibility index (Phi) is 4.55. The van der Waals surface area contributed by atoms with Gasteiger partial charge in [-0.25, -0.2) is 0 Å². The number of ether oxygens (including phenoxy) is 1. The third-order valence-corrected chi connectivity index (χ3v) is 1.72. The van der Waals surface area contributed by atoms with Crippen molar-refractivity contribution in [3.05, 3.63) is 30.3 Å². The molecule has 0 saturated carbocycles. The second-order valence-electron chi connectivity index (χ2n) is 2.93. The van der Waals surface area contributed by atoms with Gasteiger partial charge in [-0.05, 0) is 18.9 Å². The summed E-state index contributed by atoms with van der Waals surface area (Å²) in [6, 6.07) is 10.3. The molecule has 0 aliphatic carbocycles. The molecule has 3 heteroatoms. The molecule has 0 aliphatic heterocycles. The lowest BCUT2D eigenvalue weighted by molar-refractivity contribution is -0.137. The Morgan fingerprint density at radius 3 is 2.93 bits per heavy atom. The molecule has 1 radical (unpaired) electrons. The van der Waals surface area contributed by atoms with Crippen molar-refractivity contribution in [2.45, 2.75) is 19.3 Å². The quantitative estimate of drug-likeness (QED) is 0.704. The molecule has 0 bridgehead atoms. The molecule has 1 rings (SSSR count). The second-order valence-corrected chi connectivity index (χ2v) is 2.93. The smallest absolute Gasteiger partial charge is 0.303 e. The Morgan fingerprint density at radius 1 is 1.43 bits per heavy atom. The molecule has 0 spiro atoms. The standard InChI is InChI=1S/C11H13O3/c12-11(13)8-4-5-9-14-10-6-2-1-3-7-10/h1-3,6H,4-5,8-9H2,(H,12,13). The SMILES string of the molecule is O=C(O)CCCCOc1[c]cccc1. The maximum atomic E-state index is 10.2. The minimum absolute atomic E-state index is 0.210. The fraction of sp³-hybridized carbons (Fsp3) is 0.364. The lowest BCUT2D eigenvalue weighted by Gasteiger charge is -2.03. The Balaban J connectivity index is 2.08. The molecule has 1 N–H and O–H groups in total. The van der Waals surface area contributed by atoms with Crippen molar-refractivity contribution in [2.75, 3.05) is 6.61 Å². The molecule has 0 unspecified atom stereocenters. The summed E-state index contributed by atoms with van der Waals surface area (Å²) in [4.78, 5) is 10.2. The predicted octanol–water partition coefficient (Wildman–Crippen LogP) is 2.12. The number of benzene rings is 1. The summed E-state index contributed by atoms with van der Waals surface area (Å²) in [5.41, 5.74) is 0. The van der Waals surface area contributed by atoms with Crippen LogP contribution in [-0.2, 0) is 4.79 Å². The van der Waals surface area contributed by atoms with Crippen LogP contribution >= 0.6 is 0 Å². The van der Waals surface area contributed by atoms with E-state index in [1.165, 1.54) is 0 Å². The summed E-state index contributed by atoms with van der Waals surface area (Å²) in [7, 11) is 0. The van der Waals surface area contributed by atoms with Crippen LogP contribution in [0.5, 0.6) is 5.75 Å². The summed E-state index contributed by atoms with van der Waals surface area (Å²) < 4.78 is 5.34.